The van der Waals surface area contributed by atoms with E-state index in [1.54, 1.807) is 32.2 Å². The molecule has 0 saturated carbocycles. The van der Waals surface area contributed by atoms with Crippen molar-refractivity contribution in [3.8, 4) is 0 Å². The van der Waals surface area contributed by atoms with E-state index in [0.717, 1.165) is 5.56 Å². The van der Waals surface area contributed by atoms with Gasteiger partial charge in [0.2, 0.25) is 0 Å². The third kappa shape index (κ3) is 5.19. The van der Waals surface area contributed by atoms with Gasteiger partial charge in [0, 0.05) is 37.3 Å². The molecule has 0 radical (unpaired) electrons. The number of hydrogen-bond acceptors (Lipinski definition) is 3. The molecule has 0 heterocycles. The van der Waals surface area contributed by atoms with Crippen molar-refractivity contribution in [2.45, 2.75) is 25.9 Å². The second-order valence-corrected chi connectivity index (χ2v) is 5.32. The number of halogens is 1. The Morgan fingerprint density at radius 3 is 2.79 bits per heavy atom. The fourth-order valence-corrected chi connectivity index (χ4v) is 1.88. The number of carbonyl (C=O) groups is 1. The Morgan fingerprint density at radius 2 is 2.21 bits per heavy atom. The predicted molar refractivity (Wildman–Crippen MR) is 75.6 cm³/mol. The van der Waals surface area contributed by atoms with Gasteiger partial charge in [0.05, 0.1) is 5.60 Å². The molecule has 1 amide bonds. The number of ether oxygens (including phenoxy) is 1. The zero-order valence-electron chi connectivity index (χ0n) is 11.5. The maximum Gasteiger partial charge on any atom is 0.251 e. The molecule has 1 atom stereocenters. The van der Waals surface area contributed by atoms with Crippen molar-refractivity contribution in [2.24, 2.45) is 0 Å². The molecule has 19 heavy (non-hydrogen) atoms. The first-order valence-electron chi connectivity index (χ1n) is 6.11. The van der Waals surface area contributed by atoms with Crippen LogP contribution in [-0.4, -0.2) is 36.9 Å². The molecular formula is C14H20ClNO3. The lowest BCUT2D eigenvalue weighted by Crippen LogP contribution is -2.41. The standard InChI is InChI=1S/C14H20ClNO3/c1-10-8-11(15)4-5-12(10)13(17)16-9-14(2,18)6-7-19-3/h4-5,8,18H,6-7,9H2,1-3H3,(H,16,17). The first kappa shape index (κ1) is 16.0. The van der Waals surface area contributed by atoms with Crippen LogP contribution in [0.3, 0.4) is 0 Å². The Bertz CT molecular complexity index is 446. The Kier molecular flexibility index (Phi) is 5.79. The largest absolute Gasteiger partial charge is 0.388 e. The van der Waals surface area contributed by atoms with E-state index in [2.05, 4.69) is 5.32 Å². The second-order valence-electron chi connectivity index (χ2n) is 4.88. The number of rotatable bonds is 6. The Morgan fingerprint density at radius 1 is 1.53 bits per heavy atom. The van der Waals surface area contributed by atoms with Crippen molar-refractivity contribution in [1.29, 1.82) is 0 Å². The molecule has 0 saturated heterocycles. The summed E-state index contributed by atoms with van der Waals surface area (Å²) in [7, 11) is 1.58. The Hall–Kier alpha value is -1.10. The number of nitrogens with one attached hydrogen (secondary N) is 1. The predicted octanol–water partition coefficient (Wildman–Crippen LogP) is 2.17. The molecular weight excluding hydrogens is 266 g/mol. The van der Waals surface area contributed by atoms with Crippen LogP contribution in [0.2, 0.25) is 5.02 Å². The first-order valence-corrected chi connectivity index (χ1v) is 6.49. The minimum Gasteiger partial charge on any atom is -0.388 e. The van der Waals surface area contributed by atoms with Crippen LogP contribution in [0.4, 0.5) is 0 Å². The monoisotopic (exact) mass is 285 g/mol. The van der Waals surface area contributed by atoms with E-state index in [1.165, 1.54) is 0 Å². The van der Waals surface area contributed by atoms with Crippen LogP contribution in [0.5, 0.6) is 0 Å². The smallest absolute Gasteiger partial charge is 0.251 e. The number of hydrogen-bond donors (Lipinski definition) is 2. The molecule has 1 aromatic carbocycles. The minimum absolute atomic E-state index is 0.178. The summed E-state index contributed by atoms with van der Waals surface area (Å²) >= 11 is 5.84. The van der Waals surface area contributed by atoms with Gasteiger partial charge in [-0.05, 0) is 37.6 Å². The molecule has 106 valence electrons. The normalized spacial score (nSPS) is 13.9. The summed E-state index contributed by atoms with van der Waals surface area (Å²) < 4.78 is 4.91. The van der Waals surface area contributed by atoms with E-state index in [-0.39, 0.29) is 12.5 Å². The molecule has 0 aliphatic carbocycles. The van der Waals surface area contributed by atoms with Gasteiger partial charge in [0.1, 0.15) is 0 Å². The van der Waals surface area contributed by atoms with Gasteiger partial charge in [-0.15, -0.1) is 0 Å². The molecule has 5 heteroatoms. The van der Waals surface area contributed by atoms with Crippen LogP contribution in [0.1, 0.15) is 29.3 Å². The van der Waals surface area contributed by atoms with E-state index in [0.29, 0.717) is 23.6 Å². The van der Waals surface area contributed by atoms with Gasteiger partial charge < -0.3 is 15.2 Å². The highest BCUT2D eigenvalue weighted by molar-refractivity contribution is 6.30. The van der Waals surface area contributed by atoms with Crippen molar-refractivity contribution in [3.63, 3.8) is 0 Å². The topological polar surface area (TPSA) is 58.6 Å². The fraction of sp³-hybridized carbons (Fsp3) is 0.500. The zero-order chi connectivity index (χ0) is 14.5. The number of amides is 1. The Labute approximate surface area is 118 Å². The maximum atomic E-state index is 12.0. The molecule has 1 unspecified atom stereocenters. The lowest BCUT2D eigenvalue weighted by Gasteiger charge is -2.23. The SMILES string of the molecule is COCCC(C)(O)CNC(=O)c1ccc(Cl)cc1C. The molecule has 0 bridgehead atoms. The average Bonchev–Trinajstić information content (AvgIpc) is 2.34. The number of aliphatic hydroxyl groups is 1. The second kappa shape index (κ2) is 6.89. The number of aryl methyl sites for hydroxylation is 1. The molecule has 0 fully saturated rings. The van der Waals surface area contributed by atoms with E-state index >= 15 is 0 Å². The number of carbonyl (C=O) groups excluding carboxylic acids is 1. The zero-order valence-corrected chi connectivity index (χ0v) is 12.3. The van der Waals surface area contributed by atoms with Gasteiger partial charge in [-0.1, -0.05) is 11.6 Å². The van der Waals surface area contributed by atoms with Crippen molar-refractivity contribution in [2.75, 3.05) is 20.3 Å². The van der Waals surface area contributed by atoms with Crippen LogP contribution in [0, 0.1) is 6.92 Å². The van der Waals surface area contributed by atoms with Gasteiger partial charge in [-0.3, -0.25) is 4.79 Å². The van der Waals surface area contributed by atoms with E-state index in [1.807, 2.05) is 6.92 Å². The van der Waals surface area contributed by atoms with Gasteiger partial charge in [0.25, 0.3) is 5.91 Å². The highest BCUT2D eigenvalue weighted by Gasteiger charge is 2.21. The van der Waals surface area contributed by atoms with Gasteiger partial charge >= 0.3 is 0 Å². The molecule has 1 rings (SSSR count). The summed E-state index contributed by atoms with van der Waals surface area (Å²) in [5.74, 6) is -0.216. The summed E-state index contributed by atoms with van der Waals surface area (Å²) in [6.45, 7) is 4.12. The van der Waals surface area contributed by atoms with Crippen LogP contribution >= 0.6 is 11.6 Å². The summed E-state index contributed by atoms with van der Waals surface area (Å²) in [6.07, 6.45) is 0.462. The average molecular weight is 286 g/mol. The summed E-state index contributed by atoms with van der Waals surface area (Å²) in [5, 5.41) is 13.4. The molecule has 2 N–H and O–H groups in total. The summed E-state index contributed by atoms with van der Waals surface area (Å²) in [5.41, 5.74) is 0.389. The molecule has 1 aromatic rings. The Balaban J connectivity index is 2.60. The van der Waals surface area contributed by atoms with Gasteiger partial charge in [-0.2, -0.15) is 0 Å². The third-order valence-corrected chi connectivity index (χ3v) is 3.14. The molecule has 0 aromatic heterocycles. The third-order valence-electron chi connectivity index (χ3n) is 2.91. The minimum atomic E-state index is -0.980. The molecule has 0 aliphatic rings. The van der Waals surface area contributed by atoms with Crippen molar-refractivity contribution in [1.82, 2.24) is 5.32 Å². The molecule has 4 nitrogen and oxygen atoms in total. The van der Waals surface area contributed by atoms with E-state index in [9.17, 15) is 9.90 Å². The van der Waals surface area contributed by atoms with E-state index < -0.39 is 5.60 Å². The number of methoxy groups -OCH3 is 1. The fourth-order valence-electron chi connectivity index (χ4n) is 1.66. The lowest BCUT2D eigenvalue weighted by molar-refractivity contribution is 0.0243. The highest BCUT2D eigenvalue weighted by Crippen LogP contribution is 2.15. The van der Waals surface area contributed by atoms with Gasteiger partial charge in [0.15, 0.2) is 0 Å². The first-order chi connectivity index (χ1) is 8.85. The lowest BCUT2D eigenvalue weighted by atomic mass is 10.0. The maximum absolute atomic E-state index is 12.0. The van der Waals surface area contributed by atoms with Crippen molar-refractivity contribution < 1.29 is 14.6 Å². The van der Waals surface area contributed by atoms with Crippen LogP contribution in [0.15, 0.2) is 18.2 Å². The quantitative estimate of drug-likeness (QED) is 0.842. The highest BCUT2D eigenvalue weighted by atomic mass is 35.5. The molecule has 0 spiro atoms. The number of benzene rings is 1. The van der Waals surface area contributed by atoms with Gasteiger partial charge in [-0.25, -0.2) is 0 Å². The van der Waals surface area contributed by atoms with Crippen molar-refractivity contribution in [3.05, 3.63) is 34.3 Å². The van der Waals surface area contributed by atoms with Crippen LogP contribution in [-0.2, 0) is 4.74 Å². The van der Waals surface area contributed by atoms with E-state index in [4.69, 9.17) is 16.3 Å². The van der Waals surface area contributed by atoms with Crippen molar-refractivity contribution >= 4 is 17.5 Å². The summed E-state index contributed by atoms with van der Waals surface area (Å²) in [4.78, 5) is 12.0. The molecule has 0 aliphatic heterocycles. The summed E-state index contributed by atoms with van der Waals surface area (Å²) in [6, 6.07) is 5.09. The van der Waals surface area contributed by atoms with Crippen LogP contribution < -0.4 is 5.32 Å². The van der Waals surface area contributed by atoms with Crippen LogP contribution in [0.25, 0.3) is 0 Å².